The van der Waals surface area contributed by atoms with Gasteiger partial charge in [0, 0.05) is 24.8 Å². The zero-order valence-electron chi connectivity index (χ0n) is 10.7. The number of hydrogen-bond acceptors (Lipinski definition) is 2. The molecule has 0 aliphatic heterocycles. The average molecular weight is 260 g/mol. The first-order valence-corrected chi connectivity index (χ1v) is 5.93. The zero-order chi connectivity index (χ0) is 13.8. The smallest absolute Gasteiger partial charge is 0.390 e. The van der Waals surface area contributed by atoms with E-state index in [0.717, 1.165) is 5.56 Å². The van der Waals surface area contributed by atoms with Crippen molar-refractivity contribution < 1.29 is 13.2 Å². The van der Waals surface area contributed by atoms with E-state index in [-0.39, 0.29) is 12.6 Å². The predicted molar refractivity (Wildman–Crippen MR) is 67.1 cm³/mol. The van der Waals surface area contributed by atoms with Gasteiger partial charge in [-0.05, 0) is 31.5 Å². The Morgan fingerprint density at radius 2 is 1.94 bits per heavy atom. The molecule has 2 N–H and O–H groups in total. The third kappa shape index (κ3) is 5.40. The fourth-order valence-corrected chi connectivity index (χ4v) is 1.72. The maximum absolute atomic E-state index is 12.2. The van der Waals surface area contributed by atoms with Crippen molar-refractivity contribution in [2.45, 2.75) is 39.0 Å². The van der Waals surface area contributed by atoms with Gasteiger partial charge in [-0.3, -0.25) is 4.90 Å². The Bertz CT molecular complexity index is 375. The van der Waals surface area contributed by atoms with Crippen LogP contribution in [0.1, 0.15) is 25.8 Å². The van der Waals surface area contributed by atoms with Gasteiger partial charge in [0.15, 0.2) is 0 Å². The highest BCUT2D eigenvalue weighted by Gasteiger charge is 2.28. The molecule has 0 amide bonds. The minimum Gasteiger partial charge on any atom is -0.399 e. The molecule has 0 aliphatic carbocycles. The highest BCUT2D eigenvalue weighted by atomic mass is 19.4. The van der Waals surface area contributed by atoms with E-state index in [4.69, 9.17) is 5.73 Å². The third-order valence-corrected chi connectivity index (χ3v) is 2.75. The number of alkyl halides is 3. The standard InChI is InChI=1S/C13H19F3N2/c1-10(2)18(7-6-13(14,15)16)9-11-4-3-5-12(17)8-11/h3-5,8,10H,6-7,9,17H2,1-2H3. The van der Waals surface area contributed by atoms with Crippen molar-refractivity contribution in [2.75, 3.05) is 12.3 Å². The Morgan fingerprint density at radius 3 is 2.44 bits per heavy atom. The summed E-state index contributed by atoms with van der Waals surface area (Å²) in [7, 11) is 0. The highest BCUT2D eigenvalue weighted by molar-refractivity contribution is 5.40. The average Bonchev–Trinajstić information content (AvgIpc) is 2.22. The summed E-state index contributed by atoms with van der Waals surface area (Å²) in [6.07, 6.45) is -4.89. The van der Waals surface area contributed by atoms with Crippen molar-refractivity contribution in [3.63, 3.8) is 0 Å². The van der Waals surface area contributed by atoms with Gasteiger partial charge in [0.2, 0.25) is 0 Å². The molecule has 0 fully saturated rings. The normalized spacial score (nSPS) is 12.4. The SMILES string of the molecule is CC(C)N(CCC(F)(F)F)Cc1cccc(N)c1. The molecule has 1 rings (SSSR count). The van der Waals surface area contributed by atoms with Crippen LogP contribution >= 0.6 is 0 Å². The van der Waals surface area contributed by atoms with Crippen LogP contribution in [0.4, 0.5) is 18.9 Å². The minimum atomic E-state index is -4.11. The van der Waals surface area contributed by atoms with E-state index in [0.29, 0.717) is 12.2 Å². The summed E-state index contributed by atoms with van der Waals surface area (Å²) >= 11 is 0. The van der Waals surface area contributed by atoms with Crippen LogP contribution in [0, 0.1) is 0 Å². The lowest BCUT2D eigenvalue weighted by Gasteiger charge is -2.27. The minimum absolute atomic E-state index is 0.00989. The third-order valence-electron chi connectivity index (χ3n) is 2.75. The maximum Gasteiger partial charge on any atom is 0.390 e. The molecule has 18 heavy (non-hydrogen) atoms. The van der Waals surface area contributed by atoms with Crippen LogP contribution in [0.5, 0.6) is 0 Å². The van der Waals surface area contributed by atoms with Gasteiger partial charge in [0.1, 0.15) is 0 Å². The van der Waals surface area contributed by atoms with Gasteiger partial charge >= 0.3 is 6.18 Å². The first kappa shape index (κ1) is 14.8. The Hall–Kier alpha value is -1.23. The number of anilines is 1. The predicted octanol–water partition coefficient (Wildman–Crippen LogP) is 3.43. The largest absolute Gasteiger partial charge is 0.399 e. The molecule has 0 aromatic heterocycles. The summed E-state index contributed by atoms with van der Waals surface area (Å²) in [6.45, 7) is 4.28. The second-order valence-corrected chi connectivity index (χ2v) is 4.67. The molecule has 102 valence electrons. The quantitative estimate of drug-likeness (QED) is 0.822. The molecular weight excluding hydrogens is 241 g/mol. The zero-order valence-corrected chi connectivity index (χ0v) is 10.7. The van der Waals surface area contributed by atoms with E-state index in [1.54, 1.807) is 17.0 Å². The Labute approximate surface area is 106 Å². The molecule has 0 saturated carbocycles. The summed E-state index contributed by atoms with van der Waals surface area (Å²) in [5.41, 5.74) is 7.22. The van der Waals surface area contributed by atoms with Crippen molar-refractivity contribution in [2.24, 2.45) is 0 Å². The molecule has 0 spiro atoms. The fourth-order valence-electron chi connectivity index (χ4n) is 1.72. The lowest BCUT2D eigenvalue weighted by atomic mass is 10.1. The molecule has 0 bridgehead atoms. The van der Waals surface area contributed by atoms with Crippen LogP contribution < -0.4 is 5.73 Å². The lowest BCUT2D eigenvalue weighted by molar-refractivity contribution is -0.139. The highest BCUT2D eigenvalue weighted by Crippen LogP contribution is 2.21. The van der Waals surface area contributed by atoms with E-state index in [9.17, 15) is 13.2 Å². The van der Waals surface area contributed by atoms with Gasteiger partial charge in [-0.1, -0.05) is 12.1 Å². The molecule has 0 radical (unpaired) electrons. The molecule has 0 atom stereocenters. The molecule has 0 unspecified atom stereocenters. The second kappa shape index (κ2) is 6.09. The molecule has 0 heterocycles. The molecule has 5 heteroatoms. The van der Waals surface area contributed by atoms with Gasteiger partial charge in [-0.15, -0.1) is 0 Å². The van der Waals surface area contributed by atoms with Crippen LogP contribution in [0.3, 0.4) is 0 Å². The van der Waals surface area contributed by atoms with Gasteiger partial charge in [0.05, 0.1) is 6.42 Å². The number of hydrogen-bond donors (Lipinski definition) is 1. The number of benzene rings is 1. The van der Waals surface area contributed by atoms with Gasteiger partial charge in [-0.25, -0.2) is 0 Å². The number of rotatable bonds is 5. The van der Waals surface area contributed by atoms with E-state index in [1.807, 2.05) is 26.0 Å². The summed E-state index contributed by atoms with van der Waals surface area (Å²) in [5, 5.41) is 0. The number of nitrogen functional groups attached to an aromatic ring is 1. The van der Waals surface area contributed by atoms with Crippen molar-refractivity contribution in [1.29, 1.82) is 0 Å². The Balaban J connectivity index is 2.63. The van der Waals surface area contributed by atoms with Crippen molar-refractivity contribution in [3.05, 3.63) is 29.8 Å². The van der Waals surface area contributed by atoms with E-state index < -0.39 is 12.6 Å². The van der Waals surface area contributed by atoms with Crippen molar-refractivity contribution >= 4 is 5.69 Å². The molecule has 1 aromatic rings. The number of nitrogens with zero attached hydrogens (tertiary/aromatic N) is 1. The monoisotopic (exact) mass is 260 g/mol. The van der Waals surface area contributed by atoms with Crippen molar-refractivity contribution in [1.82, 2.24) is 4.90 Å². The Kier molecular flexibility index (Phi) is 5.02. The second-order valence-electron chi connectivity index (χ2n) is 4.67. The number of nitrogens with two attached hydrogens (primary N) is 1. The van der Waals surface area contributed by atoms with Crippen LogP contribution in [0.2, 0.25) is 0 Å². The molecule has 1 aromatic carbocycles. The number of halogens is 3. The summed E-state index contributed by atoms with van der Waals surface area (Å²) < 4.78 is 36.7. The molecular formula is C13H19F3N2. The van der Waals surface area contributed by atoms with Crippen LogP contribution in [0.15, 0.2) is 24.3 Å². The summed E-state index contributed by atoms with van der Waals surface area (Å²) in [5.74, 6) is 0. The first-order valence-electron chi connectivity index (χ1n) is 5.93. The van der Waals surface area contributed by atoms with Crippen LogP contribution in [-0.4, -0.2) is 23.7 Å². The maximum atomic E-state index is 12.2. The topological polar surface area (TPSA) is 29.3 Å². The van der Waals surface area contributed by atoms with Crippen LogP contribution in [-0.2, 0) is 6.54 Å². The Morgan fingerprint density at radius 1 is 1.28 bits per heavy atom. The van der Waals surface area contributed by atoms with E-state index in [1.165, 1.54) is 0 Å². The molecule has 0 aliphatic rings. The van der Waals surface area contributed by atoms with Gasteiger partial charge in [-0.2, -0.15) is 13.2 Å². The first-order chi connectivity index (χ1) is 8.28. The van der Waals surface area contributed by atoms with Crippen LogP contribution in [0.25, 0.3) is 0 Å². The summed E-state index contributed by atoms with van der Waals surface area (Å²) in [6, 6.07) is 7.31. The van der Waals surface area contributed by atoms with Gasteiger partial charge in [0.25, 0.3) is 0 Å². The lowest BCUT2D eigenvalue weighted by Crippen LogP contribution is -2.33. The van der Waals surface area contributed by atoms with Crippen molar-refractivity contribution in [3.8, 4) is 0 Å². The van der Waals surface area contributed by atoms with Gasteiger partial charge < -0.3 is 5.73 Å². The molecule has 0 saturated heterocycles. The van der Waals surface area contributed by atoms with E-state index >= 15 is 0 Å². The molecule has 2 nitrogen and oxygen atoms in total. The fraction of sp³-hybridized carbons (Fsp3) is 0.538. The summed E-state index contributed by atoms with van der Waals surface area (Å²) in [4.78, 5) is 1.79. The van der Waals surface area contributed by atoms with E-state index in [2.05, 4.69) is 0 Å².